The number of halogens is 1. The Morgan fingerprint density at radius 1 is 1.15 bits per heavy atom. The van der Waals surface area contributed by atoms with Gasteiger partial charge in [-0.05, 0) is 42.0 Å². The lowest BCUT2D eigenvalue weighted by Gasteiger charge is -2.12. The number of benzene rings is 3. The van der Waals surface area contributed by atoms with Gasteiger partial charge in [-0.25, -0.2) is 4.98 Å². The molecule has 0 fully saturated rings. The molecule has 0 atom stereocenters. The number of nitriles is 1. The van der Waals surface area contributed by atoms with Crippen LogP contribution in [0.4, 0.5) is 5.13 Å². The van der Waals surface area contributed by atoms with Crippen LogP contribution >= 0.6 is 22.9 Å². The first-order valence-electron chi connectivity index (χ1n) is 9.90. The predicted octanol–water partition coefficient (Wildman–Crippen LogP) is 6.08. The highest BCUT2D eigenvalue weighted by molar-refractivity contribution is 7.22. The first-order valence-corrected chi connectivity index (χ1v) is 11.1. The number of hydrogen-bond acceptors (Lipinski definition) is 6. The molecule has 0 radical (unpaired) electrons. The molecule has 8 heteroatoms. The van der Waals surface area contributed by atoms with E-state index in [1.165, 1.54) is 24.5 Å². The molecule has 1 amide bonds. The van der Waals surface area contributed by atoms with E-state index in [0.717, 1.165) is 15.8 Å². The number of carbonyl (C=O) groups is 1. The molecule has 6 nitrogen and oxygen atoms in total. The Labute approximate surface area is 199 Å². The van der Waals surface area contributed by atoms with Crippen molar-refractivity contribution in [2.75, 3.05) is 12.4 Å². The van der Waals surface area contributed by atoms with Crippen molar-refractivity contribution < 1.29 is 14.3 Å². The summed E-state index contributed by atoms with van der Waals surface area (Å²) in [6, 6.07) is 22.1. The Kier molecular flexibility index (Phi) is 6.89. The molecule has 0 spiro atoms. The number of aromatic nitrogens is 1. The van der Waals surface area contributed by atoms with Crippen LogP contribution in [0.1, 0.15) is 11.1 Å². The van der Waals surface area contributed by atoms with Gasteiger partial charge in [0.1, 0.15) is 18.2 Å². The minimum absolute atomic E-state index is 0.0546. The van der Waals surface area contributed by atoms with Crippen LogP contribution in [-0.4, -0.2) is 18.0 Å². The minimum Gasteiger partial charge on any atom is -0.493 e. The summed E-state index contributed by atoms with van der Waals surface area (Å²) >= 11 is 7.53. The molecule has 33 heavy (non-hydrogen) atoms. The smallest absolute Gasteiger partial charge is 0.268 e. The number of amides is 1. The van der Waals surface area contributed by atoms with Gasteiger partial charge in [0.05, 0.1) is 17.3 Å². The third-order valence-corrected chi connectivity index (χ3v) is 6.04. The van der Waals surface area contributed by atoms with Gasteiger partial charge in [0.2, 0.25) is 0 Å². The maximum absolute atomic E-state index is 12.6. The Balaban J connectivity index is 1.50. The normalized spacial score (nSPS) is 11.1. The molecule has 4 rings (SSSR count). The number of fused-ring (bicyclic) bond motifs is 1. The monoisotopic (exact) mass is 475 g/mol. The summed E-state index contributed by atoms with van der Waals surface area (Å²) in [4.78, 5) is 17.0. The van der Waals surface area contributed by atoms with Crippen LogP contribution in [0.3, 0.4) is 0 Å². The van der Waals surface area contributed by atoms with Crippen molar-refractivity contribution in [1.29, 1.82) is 5.26 Å². The molecule has 164 valence electrons. The lowest BCUT2D eigenvalue weighted by atomic mass is 10.1. The first-order chi connectivity index (χ1) is 16.1. The van der Waals surface area contributed by atoms with E-state index in [9.17, 15) is 10.1 Å². The topological polar surface area (TPSA) is 84.2 Å². The van der Waals surface area contributed by atoms with Crippen molar-refractivity contribution in [3.8, 4) is 17.6 Å². The summed E-state index contributed by atoms with van der Waals surface area (Å²) < 4.78 is 12.2. The highest BCUT2D eigenvalue weighted by atomic mass is 35.5. The molecule has 3 aromatic carbocycles. The van der Waals surface area contributed by atoms with E-state index >= 15 is 0 Å². The third kappa shape index (κ3) is 5.32. The second kappa shape index (κ2) is 10.2. The SMILES string of the molecule is COc1cc(/C=C(\C#N)C(=O)Nc2nc3ccccc3s2)ccc1OCc1ccccc1Cl. The van der Waals surface area contributed by atoms with Crippen molar-refractivity contribution >= 4 is 50.3 Å². The first kappa shape index (κ1) is 22.3. The van der Waals surface area contributed by atoms with E-state index < -0.39 is 5.91 Å². The molecule has 4 aromatic rings. The molecule has 1 N–H and O–H groups in total. The summed E-state index contributed by atoms with van der Waals surface area (Å²) in [5.74, 6) is 0.459. The van der Waals surface area contributed by atoms with Crippen LogP contribution in [0.5, 0.6) is 11.5 Å². The van der Waals surface area contributed by atoms with Crippen molar-refractivity contribution in [2.45, 2.75) is 6.61 Å². The largest absolute Gasteiger partial charge is 0.493 e. The number of nitrogens with zero attached hydrogens (tertiary/aromatic N) is 2. The molecule has 0 aliphatic rings. The van der Waals surface area contributed by atoms with Crippen LogP contribution in [0.25, 0.3) is 16.3 Å². The number of anilines is 1. The van der Waals surface area contributed by atoms with Gasteiger partial charge in [-0.1, -0.05) is 59.3 Å². The van der Waals surface area contributed by atoms with Gasteiger partial charge in [0.25, 0.3) is 5.91 Å². The maximum Gasteiger partial charge on any atom is 0.268 e. The van der Waals surface area contributed by atoms with Crippen LogP contribution < -0.4 is 14.8 Å². The number of thiazole rings is 1. The fourth-order valence-electron chi connectivity index (χ4n) is 3.07. The third-order valence-electron chi connectivity index (χ3n) is 4.72. The van der Waals surface area contributed by atoms with Crippen molar-refractivity contribution in [3.63, 3.8) is 0 Å². The Morgan fingerprint density at radius 2 is 1.94 bits per heavy atom. The number of nitrogens with one attached hydrogen (secondary N) is 1. The standard InChI is InChI=1S/C25H18ClN3O3S/c1-31-22-13-16(10-11-21(22)32-15-17-6-2-3-7-19(17)26)12-18(14-27)24(30)29-25-28-20-8-4-5-9-23(20)33-25/h2-13H,15H2,1H3,(H,28,29,30)/b18-12+. The van der Waals surface area contributed by atoms with Gasteiger partial charge >= 0.3 is 0 Å². The highest BCUT2D eigenvalue weighted by Crippen LogP contribution is 2.31. The summed E-state index contributed by atoms with van der Waals surface area (Å²) in [6.07, 6.45) is 1.49. The highest BCUT2D eigenvalue weighted by Gasteiger charge is 2.14. The van der Waals surface area contributed by atoms with Gasteiger partial charge in [-0.15, -0.1) is 0 Å². The molecule has 0 saturated carbocycles. The number of hydrogen-bond donors (Lipinski definition) is 1. The lowest BCUT2D eigenvalue weighted by molar-refractivity contribution is -0.112. The van der Waals surface area contributed by atoms with Crippen molar-refractivity contribution in [1.82, 2.24) is 4.98 Å². The van der Waals surface area contributed by atoms with Crippen LogP contribution in [-0.2, 0) is 11.4 Å². The summed E-state index contributed by atoms with van der Waals surface area (Å²) in [7, 11) is 1.52. The van der Waals surface area contributed by atoms with E-state index in [1.807, 2.05) is 48.5 Å². The minimum atomic E-state index is -0.533. The summed E-state index contributed by atoms with van der Waals surface area (Å²) in [5.41, 5.74) is 2.20. The van der Waals surface area contributed by atoms with Crippen molar-refractivity contribution in [2.24, 2.45) is 0 Å². The molecule has 0 aliphatic heterocycles. The number of para-hydroxylation sites is 1. The predicted molar refractivity (Wildman–Crippen MR) is 131 cm³/mol. The number of rotatable bonds is 7. The van der Waals surface area contributed by atoms with E-state index in [-0.39, 0.29) is 12.2 Å². The van der Waals surface area contributed by atoms with Crippen LogP contribution in [0.15, 0.2) is 72.3 Å². The average molecular weight is 476 g/mol. The zero-order chi connectivity index (χ0) is 23.2. The Morgan fingerprint density at radius 3 is 2.70 bits per heavy atom. The molecule has 0 bridgehead atoms. The van der Waals surface area contributed by atoms with Crippen LogP contribution in [0.2, 0.25) is 5.02 Å². The second-order valence-electron chi connectivity index (χ2n) is 6.90. The fraction of sp³-hybridized carbons (Fsp3) is 0.0800. The van der Waals surface area contributed by atoms with Gasteiger partial charge in [0, 0.05) is 10.6 Å². The maximum atomic E-state index is 12.6. The Hall–Kier alpha value is -3.86. The number of ether oxygens (including phenoxy) is 2. The van der Waals surface area contributed by atoms with Gasteiger partial charge in [0.15, 0.2) is 16.6 Å². The van der Waals surface area contributed by atoms with E-state index in [2.05, 4.69) is 10.3 Å². The molecule has 1 aromatic heterocycles. The lowest BCUT2D eigenvalue weighted by Crippen LogP contribution is -2.13. The Bertz CT molecular complexity index is 1360. The molecule has 0 aliphatic carbocycles. The molecule has 1 heterocycles. The van der Waals surface area contributed by atoms with E-state index in [0.29, 0.717) is 27.2 Å². The van der Waals surface area contributed by atoms with Gasteiger partial charge in [-0.2, -0.15) is 5.26 Å². The fourth-order valence-corrected chi connectivity index (χ4v) is 4.12. The second-order valence-corrected chi connectivity index (χ2v) is 8.34. The summed E-state index contributed by atoms with van der Waals surface area (Å²) in [5, 5.41) is 13.3. The van der Waals surface area contributed by atoms with E-state index in [1.54, 1.807) is 24.3 Å². The van der Waals surface area contributed by atoms with Gasteiger partial charge < -0.3 is 9.47 Å². The molecular formula is C25H18ClN3O3S. The number of methoxy groups -OCH3 is 1. The molecule has 0 saturated heterocycles. The zero-order valence-electron chi connectivity index (χ0n) is 17.5. The zero-order valence-corrected chi connectivity index (χ0v) is 19.1. The summed E-state index contributed by atoms with van der Waals surface area (Å²) in [6.45, 7) is 0.277. The van der Waals surface area contributed by atoms with Crippen molar-refractivity contribution in [3.05, 3.63) is 88.5 Å². The average Bonchev–Trinajstić information content (AvgIpc) is 3.24. The van der Waals surface area contributed by atoms with Crippen LogP contribution in [0, 0.1) is 11.3 Å². The quantitative estimate of drug-likeness (QED) is 0.258. The molecule has 0 unspecified atom stereocenters. The van der Waals surface area contributed by atoms with E-state index in [4.69, 9.17) is 21.1 Å². The molecular weight excluding hydrogens is 458 g/mol. The van der Waals surface area contributed by atoms with Gasteiger partial charge in [-0.3, -0.25) is 10.1 Å². The number of carbonyl (C=O) groups excluding carboxylic acids is 1.